The van der Waals surface area contributed by atoms with Crippen molar-refractivity contribution in [3.8, 4) is 11.4 Å². The average molecular weight is 307 g/mol. The van der Waals surface area contributed by atoms with Gasteiger partial charge in [0.05, 0.1) is 20.3 Å². The van der Waals surface area contributed by atoms with Crippen LogP contribution in [0.2, 0.25) is 0 Å². The number of nitrogens with one attached hydrogen (secondary N) is 2. The number of hydrogen-bond donors (Lipinski definition) is 2. The van der Waals surface area contributed by atoms with Crippen LogP contribution in [0.3, 0.4) is 0 Å². The number of rotatable bonds is 5. The predicted octanol–water partition coefficient (Wildman–Crippen LogP) is -0.410. The first-order valence-electron chi connectivity index (χ1n) is 7.11. The molecule has 1 aromatic heterocycles. The number of morpholine rings is 1. The number of aromatic amines is 1. The van der Waals surface area contributed by atoms with Gasteiger partial charge in [-0.2, -0.15) is 0 Å². The van der Waals surface area contributed by atoms with E-state index in [-0.39, 0.29) is 0 Å². The Morgan fingerprint density at radius 2 is 2.05 bits per heavy atom. The molecule has 0 atom stereocenters. The normalized spacial score (nSPS) is 15.9. The smallest absolute Gasteiger partial charge is 0.431 e. The Morgan fingerprint density at radius 1 is 1.32 bits per heavy atom. The van der Waals surface area contributed by atoms with E-state index in [2.05, 4.69) is 10.7 Å². The molecule has 2 aromatic rings. The first-order valence-corrected chi connectivity index (χ1v) is 7.11. The minimum atomic E-state index is -0.392. The van der Waals surface area contributed by atoms with Crippen LogP contribution in [0.4, 0.5) is 0 Å². The van der Waals surface area contributed by atoms with Crippen molar-refractivity contribution in [2.24, 2.45) is 0 Å². The molecule has 2 N–H and O–H groups in total. The van der Waals surface area contributed by atoms with Crippen molar-refractivity contribution in [3.05, 3.63) is 40.4 Å². The molecule has 1 fully saturated rings. The van der Waals surface area contributed by atoms with Crippen molar-refractivity contribution in [2.45, 2.75) is 6.54 Å². The zero-order valence-electron chi connectivity index (χ0n) is 12.4. The van der Waals surface area contributed by atoms with Crippen LogP contribution in [0.25, 0.3) is 5.69 Å². The number of ether oxygens (including phenoxy) is 2. The third kappa shape index (κ3) is 3.19. The van der Waals surface area contributed by atoms with Crippen molar-refractivity contribution in [1.82, 2.24) is 15.7 Å². The van der Waals surface area contributed by atoms with E-state index in [9.17, 15) is 4.79 Å². The van der Waals surface area contributed by atoms with E-state index >= 15 is 0 Å². The van der Waals surface area contributed by atoms with Crippen molar-refractivity contribution in [2.75, 3.05) is 33.4 Å². The van der Waals surface area contributed by atoms with E-state index in [1.54, 1.807) is 11.8 Å². The zero-order valence-corrected chi connectivity index (χ0v) is 12.4. The predicted molar refractivity (Wildman–Crippen MR) is 76.6 cm³/mol. The van der Waals surface area contributed by atoms with Crippen molar-refractivity contribution >= 4 is 0 Å². The molecule has 0 spiro atoms. The lowest BCUT2D eigenvalue weighted by Gasteiger charge is -2.26. The van der Waals surface area contributed by atoms with Crippen molar-refractivity contribution < 1.29 is 18.7 Å². The second-order valence-electron chi connectivity index (χ2n) is 4.90. The minimum absolute atomic E-state index is 0.373. The Bertz CT molecular complexity index is 658. The summed E-state index contributed by atoms with van der Waals surface area (Å²) in [6.07, 6.45) is 0. The molecular weight excluding hydrogens is 288 g/mol. The fourth-order valence-electron chi connectivity index (χ4n) is 2.29. The summed E-state index contributed by atoms with van der Waals surface area (Å²) >= 11 is 0. The third-order valence-electron chi connectivity index (χ3n) is 3.55. The number of nitrogens with zero attached hydrogens (tertiary/aromatic N) is 2. The number of methoxy groups -OCH3 is 1. The fraction of sp³-hybridized carbons (Fsp3) is 0.429. The molecule has 1 aromatic carbocycles. The van der Waals surface area contributed by atoms with Gasteiger partial charge in [0.1, 0.15) is 12.3 Å². The average Bonchev–Trinajstić information content (AvgIpc) is 2.95. The summed E-state index contributed by atoms with van der Waals surface area (Å²) in [5.74, 6) is 0.753. The molecule has 0 unspecified atom stereocenters. The molecule has 0 radical (unpaired) electrons. The number of H-pyrrole nitrogens is 1. The first-order chi connectivity index (χ1) is 10.8. The van der Waals surface area contributed by atoms with E-state index in [0.717, 1.165) is 24.5 Å². The number of hydrazine groups is 1. The van der Waals surface area contributed by atoms with Gasteiger partial charge in [-0.25, -0.2) is 15.2 Å². The van der Waals surface area contributed by atoms with E-state index < -0.39 is 5.63 Å². The van der Waals surface area contributed by atoms with Crippen LogP contribution in [0.1, 0.15) is 5.69 Å². The van der Waals surface area contributed by atoms with Gasteiger partial charge in [-0.05, 0) is 22.1 Å². The fourth-order valence-corrected chi connectivity index (χ4v) is 2.29. The van der Waals surface area contributed by atoms with Crippen LogP contribution >= 0.6 is 0 Å². The quantitative estimate of drug-likeness (QED) is 0.731. The summed E-state index contributed by atoms with van der Waals surface area (Å²) in [4.78, 5) is 11.9. The Balaban J connectivity index is 1.76. The summed E-state index contributed by atoms with van der Waals surface area (Å²) in [5.41, 5.74) is 4.13. The van der Waals surface area contributed by atoms with Crippen LogP contribution in [0.5, 0.6) is 5.75 Å². The topological polar surface area (TPSA) is 83.6 Å². The largest absolute Gasteiger partial charge is 0.497 e. The van der Waals surface area contributed by atoms with Crippen LogP contribution in [0, 0.1) is 0 Å². The second kappa shape index (κ2) is 6.73. The van der Waals surface area contributed by atoms with E-state index in [0.29, 0.717) is 25.5 Å². The summed E-state index contributed by atoms with van der Waals surface area (Å²) in [7, 11) is 1.61. The van der Waals surface area contributed by atoms with Gasteiger partial charge in [0, 0.05) is 25.2 Å². The lowest BCUT2D eigenvalue weighted by Crippen LogP contribution is -2.48. The Kier molecular flexibility index (Phi) is 4.52. The summed E-state index contributed by atoms with van der Waals surface area (Å²) in [6.45, 7) is 3.33. The van der Waals surface area contributed by atoms with Gasteiger partial charge in [-0.15, -0.1) is 0 Å². The Morgan fingerprint density at radius 3 is 2.73 bits per heavy atom. The van der Waals surface area contributed by atoms with Crippen LogP contribution < -0.4 is 20.5 Å². The summed E-state index contributed by atoms with van der Waals surface area (Å²) in [5, 5.41) is 4.66. The van der Waals surface area contributed by atoms with Crippen molar-refractivity contribution in [3.63, 3.8) is 0 Å². The summed E-state index contributed by atoms with van der Waals surface area (Å²) < 4.78 is 17.0. The second-order valence-corrected chi connectivity index (χ2v) is 4.90. The van der Waals surface area contributed by atoms with E-state index in [1.807, 2.05) is 29.3 Å². The standard InChI is InChI=1S/C14H18N4O4/c1-20-12-4-2-11(3-5-12)18-13(14(19)22-16-18)10-15-17-6-8-21-9-7-17/h2-5,15H,6-10H2,1H3/p+1. The van der Waals surface area contributed by atoms with Crippen LogP contribution in [-0.2, 0) is 11.3 Å². The molecule has 1 aliphatic rings. The maximum atomic E-state index is 11.9. The molecule has 0 amide bonds. The maximum Gasteiger partial charge on any atom is 0.431 e. The maximum absolute atomic E-state index is 11.9. The lowest BCUT2D eigenvalue weighted by atomic mass is 10.3. The lowest BCUT2D eigenvalue weighted by molar-refractivity contribution is -0.677. The highest BCUT2D eigenvalue weighted by Gasteiger charge is 2.24. The third-order valence-corrected chi connectivity index (χ3v) is 3.55. The molecule has 0 bridgehead atoms. The molecule has 8 nitrogen and oxygen atoms in total. The molecule has 1 aliphatic heterocycles. The molecule has 22 heavy (non-hydrogen) atoms. The minimum Gasteiger partial charge on any atom is -0.497 e. The van der Waals surface area contributed by atoms with Gasteiger partial charge in [0.25, 0.3) is 0 Å². The molecule has 1 saturated heterocycles. The molecule has 2 heterocycles. The van der Waals surface area contributed by atoms with E-state index in [4.69, 9.17) is 14.0 Å². The molecule has 0 saturated carbocycles. The highest BCUT2D eigenvalue weighted by atomic mass is 16.5. The number of aromatic nitrogens is 2. The van der Waals surface area contributed by atoms with Gasteiger partial charge in [0.2, 0.25) is 5.69 Å². The van der Waals surface area contributed by atoms with Gasteiger partial charge in [-0.3, -0.25) is 4.52 Å². The highest BCUT2D eigenvalue weighted by molar-refractivity contribution is 5.31. The Labute approximate surface area is 127 Å². The molecule has 8 heteroatoms. The molecular formula is C14H19N4O4+. The first kappa shape index (κ1) is 14.8. The Hall–Kier alpha value is -2.16. The molecule has 0 aliphatic carbocycles. The van der Waals surface area contributed by atoms with Gasteiger partial charge < -0.3 is 9.47 Å². The highest BCUT2D eigenvalue weighted by Crippen LogP contribution is 2.10. The summed E-state index contributed by atoms with van der Waals surface area (Å²) in [6, 6.07) is 7.35. The number of benzene rings is 1. The van der Waals surface area contributed by atoms with Gasteiger partial charge in [-0.1, -0.05) is 0 Å². The molecule has 118 valence electrons. The number of hydrogen-bond acceptors (Lipinski definition) is 6. The monoisotopic (exact) mass is 307 g/mol. The molecule has 3 rings (SSSR count). The van der Waals surface area contributed by atoms with Gasteiger partial charge >= 0.3 is 11.3 Å². The SMILES string of the molecule is COc1ccc(-[n+]2[nH]oc(=O)c2CNN2CCOCC2)cc1. The van der Waals surface area contributed by atoms with Crippen LogP contribution in [0.15, 0.2) is 33.6 Å². The van der Waals surface area contributed by atoms with Gasteiger partial charge in [0.15, 0.2) is 0 Å². The van der Waals surface area contributed by atoms with E-state index in [1.165, 1.54) is 0 Å². The van der Waals surface area contributed by atoms with Crippen molar-refractivity contribution in [1.29, 1.82) is 0 Å². The zero-order chi connectivity index (χ0) is 15.4. The van der Waals surface area contributed by atoms with Crippen LogP contribution in [-0.4, -0.2) is 43.7 Å².